The number of nitrogens with zero attached hydrogens (tertiary/aromatic N) is 1. The Morgan fingerprint density at radius 3 is 2.71 bits per heavy atom. The van der Waals surface area contributed by atoms with Crippen LogP contribution < -0.4 is 5.32 Å². The number of carbonyl (C=O) groups is 2. The maximum atomic E-state index is 13.0. The predicted molar refractivity (Wildman–Crippen MR) is 105 cm³/mol. The van der Waals surface area contributed by atoms with Crippen molar-refractivity contribution in [1.29, 1.82) is 0 Å². The van der Waals surface area contributed by atoms with Crippen molar-refractivity contribution in [1.82, 2.24) is 15.2 Å². The molecule has 1 atom stereocenters. The van der Waals surface area contributed by atoms with Crippen LogP contribution in [0.5, 0.6) is 0 Å². The number of para-hydroxylation sites is 1. The third-order valence-electron chi connectivity index (χ3n) is 5.22. The van der Waals surface area contributed by atoms with Crippen LogP contribution in [-0.4, -0.2) is 34.8 Å². The summed E-state index contributed by atoms with van der Waals surface area (Å²) < 4.78 is 13.0. The minimum Gasteiger partial charge on any atom is -0.352 e. The Hall–Kier alpha value is -3.15. The van der Waals surface area contributed by atoms with E-state index in [4.69, 9.17) is 0 Å². The molecule has 6 heteroatoms. The molecule has 1 fully saturated rings. The van der Waals surface area contributed by atoms with Gasteiger partial charge in [-0.3, -0.25) is 9.59 Å². The molecule has 1 aliphatic heterocycles. The largest absolute Gasteiger partial charge is 0.352 e. The fraction of sp³-hybridized carbons (Fsp3) is 0.273. The van der Waals surface area contributed by atoms with E-state index < -0.39 is 0 Å². The summed E-state index contributed by atoms with van der Waals surface area (Å²) in [7, 11) is 0. The summed E-state index contributed by atoms with van der Waals surface area (Å²) in [5.41, 5.74) is 2.32. The second kappa shape index (κ2) is 7.84. The lowest BCUT2D eigenvalue weighted by Gasteiger charge is -2.31. The predicted octanol–water partition coefficient (Wildman–Crippen LogP) is 3.48. The highest BCUT2D eigenvalue weighted by molar-refractivity contribution is 5.98. The molecule has 1 aliphatic rings. The molecule has 0 radical (unpaired) electrons. The molecule has 0 saturated carbocycles. The first-order valence-corrected chi connectivity index (χ1v) is 9.49. The van der Waals surface area contributed by atoms with Gasteiger partial charge in [0.05, 0.1) is 5.92 Å². The molecular formula is C22H22FN3O2. The maximum absolute atomic E-state index is 13.0. The van der Waals surface area contributed by atoms with Crippen molar-refractivity contribution in [3.8, 4) is 0 Å². The Labute approximate surface area is 162 Å². The number of carbonyl (C=O) groups excluding carboxylic acids is 2. The van der Waals surface area contributed by atoms with Crippen LogP contribution in [-0.2, 0) is 11.3 Å². The molecule has 1 aromatic heterocycles. The van der Waals surface area contributed by atoms with E-state index in [0.717, 1.165) is 29.3 Å². The number of fused-ring (bicyclic) bond motifs is 1. The molecule has 28 heavy (non-hydrogen) atoms. The van der Waals surface area contributed by atoms with E-state index in [9.17, 15) is 14.0 Å². The summed E-state index contributed by atoms with van der Waals surface area (Å²) in [4.78, 5) is 30.3. The van der Waals surface area contributed by atoms with Crippen molar-refractivity contribution in [3.63, 3.8) is 0 Å². The number of hydrogen-bond acceptors (Lipinski definition) is 2. The Morgan fingerprint density at radius 1 is 1.14 bits per heavy atom. The van der Waals surface area contributed by atoms with E-state index in [0.29, 0.717) is 25.3 Å². The molecule has 2 N–H and O–H groups in total. The van der Waals surface area contributed by atoms with E-state index in [2.05, 4.69) is 10.3 Å². The second-order valence-corrected chi connectivity index (χ2v) is 7.20. The van der Waals surface area contributed by atoms with Crippen LogP contribution in [0, 0.1) is 11.7 Å². The van der Waals surface area contributed by atoms with Crippen molar-refractivity contribution in [3.05, 3.63) is 71.7 Å². The summed E-state index contributed by atoms with van der Waals surface area (Å²) in [6.07, 6.45) is 1.55. The third kappa shape index (κ3) is 3.91. The van der Waals surface area contributed by atoms with E-state index in [1.54, 1.807) is 17.0 Å². The smallest absolute Gasteiger partial charge is 0.270 e. The number of aromatic nitrogens is 1. The monoisotopic (exact) mass is 379 g/mol. The molecular weight excluding hydrogens is 357 g/mol. The van der Waals surface area contributed by atoms with E-state index in [1.807, 2.05) is 30.3 Å². The highest BCUT2D eigenvalue weighted by atomic mass is 19.1. The van der Waals surface area contributed by atoms with Crippen LogP contribution in [0.25, 0.3) is 10.9 Å². The highest BCUT2D eigenvalue weighted by Crippen LogP contribution is 2.21. The standard InChI is InChI=1S/C22H22FN3O2/c23-18-9-7-15(8-10-18)13-24-21(27)17-5-3-11-26(14-17)22(28)20-12-16-4-1-2-6-19(16)25-20/h1-2,4,6-10,12,17,25H,3,5,11,13-14H2,(H,24,27). The number of aromatic amines is 1. The maximum Gasteiger partial charge on any atom is 0.270 e. The van der Waals surface area contributed by atoms with Gasteiger partial charge in [-0.05, 0) is 42.7 Å². The van der Waals surface area contributed by atoms with Crippen LogP contribution in [0.15, 0.2) is 54.6 Å². The van der Waals surface area contributed by atoms with Gasteiger partial charge in [0.2, 0.25) is 5.91 Å². The van der Waals surface area contributed by atoms with Crippen molar-refractivity contribution in [2.45, 2.75) is 19.4 Å². The minimum atomic E-state index is -0.298. The van der Waals surface area contributed by atoms with Crippen LogP contribution in [0.4, 0.5) is 4.39 Å². The molecule has 144 valence electrons. The van der Waals surface area contributed by atoms with Gasteiger partial charge in [-0.25, -0.2) is 4.39 Å². The Balaban J connectivity index is 1.38. The fourth-order valence-electron chi connectivity index (χ4n) is 3.67. The quantitative estimate of drug-likeness (QED) is 0.729. The number of benzene rings is 2. The normalized spacial score (nSPS) is 16.9. The molecule has 2 heterocycles. The van der Waals surface area contributed by atoms with Crippen LogP contribution in [0.3, 0.4) is 0 Å². The molecule has 0 spiro atoms. The Kier molecular flexibility index (Phi) is 5.10. The molecule has 1 saturated heterocycles. The van der Waals surface area contributed by atoms with Crippen molar-refractivity contribution < 1.29 is 14.0 Å². The Bertz CT molecular complexity index is 963. The van der Waals surface area contributed by atoms with Gasteiger partial charge in [0, 0.05) is 30.5 Å². The Morgan fingerprint density at radius 2 is 1.93 bits per heavy atom. The lowest BCUT2D eigenvalue weighted by Crippen LogP contribution is -2.45. The first-order valence-electron chi connectivity index (χ1n) is 9.49. The topological polar surface area (TPSA) is 65.2 Å². The molecule has 3 aromatic rings. The summed E-state index contributed by atoms with van der Waals surface area (Å²) >= 11 is 0. The number of H-pyrrole nitrogens is 1. The molecule has 5 nitrogen and oxygen atoms in total. The molecule has 0 aliphatic carbocycles. The number of hydrogen-bond donors (Lipinski definition) is 2. The van der Waals surface area contributed by atoms with Crippen molar-refractivity contribution >= 4 is 22.7 Å². The molecule has 2 aromatic carbocycles. The average Bonchev–Trinajstić information content (AvgIpc) is 3.17. The number of amides is 2. The summed E-state index contributed by atoms with van der Waals surface area (Å²) in [5.74, 6) is -0.679. The lowest BCUT2D eigenvalue weighted by atomic mass is 9.96. The first kappa shape index (κ1) is 18.2. The van der Waals surface area contributed by atoms with E-state index in [1.165, 1.54) is 12.1 Å². The SMILES string of the molecule is O=C(NCc1ccc(F)cc1)C1CCCN(C(=O)c2cc3ccccc3[nH]2)C1. The number of nitrogens with one attached hydrogen (secondary N) is 2. The zero-order valence-electron chi connectivity index (χ0n) is 15.5. The number of likely N-dealkylation sites (tertiary alicyclic amines) is 1. The van der Waals surface area contributed by atoms with Gasteiger partial charge in [-0.2, -0.15) is 0 Å². The lowest BCUT2D eigenvalue weighted by molar-refractivity contribution is -0.126. The van der Waals surface area contributed by atoms with Gasteiger partial charge in [0.1, 0.15) is 11.5 Å². The molecule has 4 rings (SSSR count). The first-order chi connectivity index (χ1) is 13.6. The summed E-state index contributed by atoms with van der Waals surface area (Å²) in [5, 5.41) is 3.90. The number of halogens is 1. The van der Waals surface area contributed by atoms with Gasteiger partial charge in [-0.1, -0.05) is 30.3 Å². The van der Waals surface area contributed by atoms with Crippen LogP contribution >= 0.6 is 0 Å². The number of piperidine rings is 1. The second-order valence-electron chi connectivity index (χ2n) is 7.20. The molecule has 2 amide bonds. The third-order valence-corrected chi connectivity index (χ3v) is 5.22. The summed E-state index contributed by atoms with van der Waals surface area (Å²) in [6, 6.07) is 15.7. The molecule has 1 unspecified atom stereocenters. The van der Waals surface area contributed by atoms with Gasteiger partial charge in [0.15, 0.2) is 0 Å². The van der Waals surface area contributed by atoms with E-state index >= 15 is 0 Å². The highest BCUT2D eigenvalue weighted by Gasteiger charge is 2.29. The zero-order chi connectivity index (χ0) is 19.5. The van der Waals surface area contributed by atoms with Crippen molar-refractivity contribution in [2.24, 2.45) is 5.92 Å². The van der Waals surface area contributed by atoms with Crippen molar-refractivity contribution in [2.75, 3.05) is 13.1 Å². The summed E-state index contributed by atoms with van der Waals surface area (Å²) in [6.45, 7) is 1.41. The fourth-order valence-corrected chi connectivity index (χ4v) is 3.67. The average molecular weight is 379 g/mol. The van der Waals surface area contributed by atoms with Gasteiger partial charge >= 0.3 is 0 Å². The minimum absolute atomic E-state index is 0.0709. The van der Waals surface area contributed by atoms with E-state index in [-0.39, 0.29) is 23.5 Å². The zero-order valence-corrected chi connectivity index (χ0v) is 15.5. The van der Waals surface area contributed by atoms with Gasteiger partial charge in [0.25, 0.3) is 5.91 Å². The van der Waals surface area contributed by atoms with Crippen LogP contribution in [0.2, 0.25) is 0 Å². The molecule has 0 bridgehead atoms. The number of rotatable bonds is 4. The van der Waals surface area contributed by atoms with Gasteiger partial charge < -0.3 is 15.2 Å². The van der Waals surface area contributed by atoms with Gasteiger partial charge in [-0.15, -0.1) is 0 Å². The van der Waals surface area contributed by atoms with Crippen LogP contribution in [0.1, 0.15) is 28.9 Å².